The number of amides is 1. The van der Waals surface area contributed by atoms with Crippen molar-refractivity contribution in [2.75, 3.05) is 11.9 Å². The Balaban J connectivity index is 2.18. The van der Waals surface area contributed by atoms with Crippen LogP contribution in [0, 0.1) is 6.92 Å². The molecule has 0 bridgehead atoms. The zero-order valence-electron chi connectivity index (χ0n) is 10.0. The minimum atomic E-state index is -0.171. The predicted octanol–water partition coefficient (Wildman–Crippen LogP) is 1.60. The van der Waals surface area contributed by atoms with Crippen LogP contribution in [0.15, 0.2) is 24.3 Å². The Hall–Kier alpha value is -1.79. The first-order valence-corrected chi connectivity index (χ1v) is 6.37. The lowest BCUT2D eigenvalue weighted by Gasteiger charge is -2.07. The fourth-order valence-corrected chi connectivity index (χ4v) is 2.20. The Kier molecular flexibility index (Phi) is 4.01. The minimum absolute atomic E-state index is 0.171. The van der Waals surface area contributed by atoms with E-state index in [0.717, 1.165) is 5.56 Å². The van der Waals surface area contributed by atoms with Gasteiger partial charge in [0.05, 0.1) is 0 Å². The molecule has 2 rings (SSSR count). The highest BCUT2D eigenvalue weighted by atomic mass is 32.1. The molecule has 6 heteroatoms. The van der Waals surface area contributed by atoms with E-state index in [1.54, 1.807) is 13.0 Å². The second-order valence-electron chi connectivity index (χ2n) is 3.80. The van der Waals surface area contributed by atoms with E-state index in [1.807, 2.05) is 18.2 Å². The lowest BCUT2D eigenvalue weighted by atomic mass is 10.0. The van der Waals surface area contributed by atoms with E-state index in [9.17, 15) is 4.79 Å². The summed E-state index contributed by atoms with van der Waals surface area (Å²) >= 11 is 1.17. The van der Waals surface area contributed by atoms with Crippen molar-refractivity contribution in [2.24, 2.45) is 5.73 Å². The Bertz CT molecular complexity index is 553. The van der Waals surface area contributed by atoms with Crippen LogP contribution in [0.25, 0.3) is 0 Å². The van der Waals surface area contributed by atoms with Gasteiger partial charge >= 0.3 is 0 Å². The summed E-state index contributed by atoms with van der Waals surface area (Å²) in [6.45, 7) is 2.30. The molecule has 0 aliphatic heterocycles. The third-order valence-corrected chi connectivity index (χ3v) is 3.15. The van der Waals surface area contributed by atoms with Gasteiger partial charge in [-0.2, -0.15) is 4.37 Å². The molecule has 5 nitrogen and oxygen atoms in total. The summed E-state index contributed by atoms with van der Waals surface area (Å²) in [6, 6.07) is 7.43. The number of aryl methyl sites for hydroxylation is 1. The van der Waals surface area contributed by atoms with Gasteiger partial charge in [-0.1, -0.05) is 18.2 Å². The average molecular weight is 262 g/mol. The molecule has 1 amide bonds. The third-order valence-electron chi connectivity index (χ3n) is 2.42. The summed E-state index contributed by atoms with van der Waals surface area (Å²) in [7, 11) is 0. The van der Waals surface area contributed by atoms with Crippen LogP contribution in [-0.4, -0.2) is 21.8 Å². The van der Waals surface area contributed by atoms with Crippen LogP contribution in [0.2, 0.25) is 0 Å². The molecule has 0 radical (unpaired) electrons. The summed E-state index contributed by atoms with van der Waals surface area (Å²) in [6.07, 6.45) is 0.679. The first-order valence-electron chi connectivity index (χ1n) is 5.60. The SMILES string of the molecule is Cc1nsc(NC(=O)c2ccccc2CCN)n1. The van der Waals surface area contributed by atoms with Crippen molar-refractivity contribution in [1.82, 2.24) is 9.36 Å². The van der Waals surface area contributed by atoms with E-state index < -0.39 is 0 Å². The van der Waals surface area contributed by atoms with Gasteiger partial charge in [-0.3, -0.25) is 10.1 Å². The number of benzene rings is 1. The third kappa shape index (κ3) is 2.91. The second kappa shape index (κ2) is 5.70. The fraction of sp³-hybridized carbons (Fsp3) is 0.250. The summed E-state index contributed by atoms with van der Waals surface area (Å²) in [5, 5.41) is 3.26. The van der Waals surface area contributed by atoms with E-state index in [1.165, 1.54) is 11.5 Å². The number of anilines is 1. The van der Waals surface area contributed by atoms with Gasteiger partial charge in [0.25, 0.3) is 5.91 Å². The van der Waals surface area contributed by atoms with Gasteiger partial charge in [-0.15, -0.1) is 0 Å². The van der Waals surface area contributed by atoms with Crippen LogP contribution in [0.4, 0.5) is 5.13 Å². The number of nitrogens with two attached hydrogens (primary N) is 1. The molecule has 18 heavy (non-hydrogen) atoms. The molecule has 0 unspecified atom stereocenters. The van der Waals surface area contributed by atoms with Crippen molar-refractivity contribution in [2.45, 2.75) is 13.3 Å². The van der Waals surface area contributed by atoms with Crippen LogP contribution in [0.3, 0.4) is 0 Å². The molecule has 1 aromatic heterocycles. The highest BCUT2D eigenvalue weighted by molar-refractivity contribution is 7.09. The standard InChI is InChI=1S/C12H14N4OS/c1-8-14-12(18-16-8)15-11(17)10-5-3-2-4-9(10)6-7-13/h2-5H,6-7,13H2,1H3,(H,14,15,16,17). The molecular weight excluding hydrogens is 248 g/mol. The second-order valence-corrected chi connectivity index (χ2v) is 4.55. The number of aromatic nitrogens is 2. The van der Waals surface area contributed by atoms with Gasteiger partial charge in [0, 0.05) is 17.1 Å². The summed E-state index contributed by atoms with van der Waals surface area (Å²) in [5.41, 5.74) is 7.11. The van der Waals surface area contributed by atoms with Crippen LogP contribution in [0.5, 0.6) is 0 Å². The number of rotatable bonds is 4. The molecular formula is C12H14N4OS. The Morgan fingerprint density at radius 3 is 2.89 bits per heavy atom. The molecule has 1 aromatic carbocycles. The molecule has 2 aromatic rings. The van der Waals surface area contributed by atoms with Crippen LogP contribution in [0.1, 0.15) is 21.7 Å². The highest BCUT2D eigenvalue weighted by Gasteiger charge is 2.12. The largest absolute Gasteiger partial charge is 0.330 e. The smallest absolute Gasteiger partial charge is 0.257 e. The van der Waals surface area contributed by atoms with Crippen molar-refractivity contribution in [1.29, 1.82) is 0 Å². The Morgan fingerprint density at radius 2 is 2.22 bits per heavy atom. The van der Waals surface area contributed by atoms with Crippen molar-refractivity contribution in [3.8, 4) is 0 Å². The van der Waals surface area contributed by atoms with E-state index >= 15 is 0 Å². The topological polar surface area (TPSA) is 80.9 Å². The van der Waals surface area contributed by atoms with Crippen molar-refractivity contribution in [3.05, 3.63) is 41.2 Å². The number of hydrogen-bond donors (Lipinski definition) is 2. The van der Waals surface area contributed by atoms with Crippen LogP contribution < -0.4 is 11.1 Å². The van der Waals surface area contributed by atoms with Crippen molar-refractivity contribution < 1.29 is 4.79 Å². The maximum absolute atomic E-state index is 12.1. The van der Waals surface area contributed by atoms with Crippen molar-refractivity contribution in [3.63, 3.8) is 0 Å². The summed E-state index contributed by atoms with van der Waals surface area (Å²) < 4.78 is 4.02. The maximum Gasteiger partial charge on any atom is 0.257 e. The minimum Gasteiger partial charge on any atom is -0.330 e. The van der Waals surface area contributed by atoms with Crippen LogP contribution >= 0.6 is 11.5 Å². The molecule has 94 valence electrons. The normalized spacial score (nSPS) is 10.3. The van der Waals surface area contributed by atoms with Gasteiger partial charge in [-0.25, -0.2) is 4.98 Å². The molecule has 0 aliphatic rings. The summed E-state index contributed by atoms with van der Waals surface area (Å²) in [5.74, 6) is 0.487. The van der Waals surface area contributed by atoms with E-state index in [-0.39, 0.29) is 5.91 Å². The van der Waals surface area contributed by atoms with Crippen LogP contribution in [-0.2, 0) is 6.42 Å². The number of carbonyl (C=O) groups excluding carboxylic acids is 1. The van der Waals surface area contributed by atoms with E-state index in [4.69, 9.17) is 5.73 Å². The Labute approximate surface area is 109 Å². The van der Waals surface area contributed by atoms with E-state index in [0.29, 0.717) is 29.5 Å². The van der Waals surface area contributed by atoms with E-state index in [2.05, 4.69) is 14.7 Å². The first-order chi connectivity index (χ1) is 8.70. The van der Waals surface area contributed by atoms with Crippen molar-refractivity contribution >= 4 is 22.6 Å². The number of nitrogens with zero attached hydrogens (tertiary/aromatic N) is 2. The predicted molar refractivity (Wildman–Crippen MR) is 71.8 cm³/mol. The lowest BCUT2D eigenvalue weighted by Crippen LogP contribution is -2.15. The zero-order valence-corrected chi connectivity index (χ0v) is 10.8. The monoisotopic (exact) mass is 262 g/mol. The highest BCUT2D eigenvalue weighted by Crippen LogP contribution is 2.14. The van der Waals surface area contributed by atoms with Gasteiger partial charge in [0.2, 0.25) is 5.13 Å². The summed E-state index contributed by atoms with van der Waals surface area (Å²) in [4.78, 5) is 16.2. The quantitative estimate of drug-likeness (QED) is 0.877. The molecule has 0 saturated carbocycles. The molecule has 1 heterocycles. The zero-order chi connectivity index (χ0) is 13.0. The molecule has 3 N–H and O–H groups in total. The average Bonchev–Trinajstić information content (AvgIpc) is 2.76. The molecule has 0 spiro atoms. The number of nitrogens with one attached hydrogen (secondary N) is 1. The van der Waals surface area contributed by atoms with Gasteiger partial charge in [0.15, 0.2) is 0 Å². The Morgan fingerprint density at radius 1 is 1.44 bits per heavy atom. The van der Waals surface area contributed by atoms with Gasteiger partial charge in [0.1, 0.15) is 5.82 Å². The lowest BCUT2D eigenvalue weighted by molar-refractivity contribution is 0.102. The maximum atomic E-state index is 12.1. The molecule has 0 fully saturated rings. The molecule has 0 atom stereocenters. The molecule has 0 saturated heterocycles. The molecule has 0 aliphatic carbocycles. The number of carbonyl (C=O) groups is 1. The number of hydrogen-bond acceptors (Lipinski definition) is 5. The van der Waals surface area contributed by atoms with Gasteiger partial charge < -0.3 is 5.73 Å². The first kappa shape index (κ1) is 12.7. The van der Waals surface area contributed by atoms with Gasteiger partial charge in [-0.05, 0) is 31.5 Å². The fourth-order valence-electron chi connectivity index (χ4n) is 1.63.